The summed E-state index contributed by atoms with van der Waals surface area (Å²) in [4.78, 5) is 1.52. The molecule has 3 heterocycles. The van der Waals surface area contributed by atoms with E-state index in [9.17, 15) is 0 Å². The second-order valence-electron chi connectivity index (χ2n) is 7.78. The van der Waals surface area contributed by atoms with Crippen LogP contribution in [0.2, 0.25) is 0 Å². The lowest BCUT2D eigenvalue weighted by Gasteiger charge is -2.00. The zero-order valence-electron chi connectivity index (χ0n) is 18.3. The minimum absolute atomic E-state index is 0.514. The van der Waals surface area contributed by atoms with Crippen LogP contribution in [0.25, 0.3) is 0 Å². The van der Waals surface area contributed by atoms with Crippen molar-refractivity contribution in [3.63, 3.8) is 0 Å². The van der Waals surface area contributed by atoms with Crippen molar-refractivity contribution >= 4 is 22.9 Å². The van der Waals surface area contributed by atoms with Crippen LogP contribution < -0.4 is 0 Å². The summed E-state index contributed by atoms with van der Waals surface area (Å²) in [5, 5.41) is 4.25. The number of aromatic nitrogens is 1. The average molecular weight is 406 g/mol. The van der Waals surface area contributed by atoms with Gasteiger partial charge in [-0.3, -0.25) is 0 Å². The van der Waals surface area contributed by atoms with Crippen molar-refractivity contribution in [2.75, 3.05) is 0 Å². The first kappa shape index (κ1) is 23.6. The fourth-order valence-electron chi connectivity index (χ4n) is 2.81. The Labute approximate surface area is 173 Å². The van der Waals surface area contributed by atoms with Crippen molar-refractivity contribution in [3.8, 4) is 0 Å². The Morgan fingerprint density at radius 3 is 1.70 bits per heavy atom. The fourth-order valence-corrected chi connectivity index (χ4v) is 4.55. The van der Waals surface area contributed by atoms with E-state index in [4.69, 9.17) is 4.42 Å². The van der Waals surface area contributed by atoms with Gasteiger partial charge in [0, 0.05) is 16.2 Å². The molecule has 0 spiro atoms. The van der Waals surface area contributed by atoms with E-state index in [-0.39, 0.29) is 0 Å². The third-order valence-electron chi connectivity index (χ3n) is 4.18. The maximum atomic E-state index is 5.23. The Morgan fingerprint density at radius 1 is 0.815 bits per heavy atom. The number of furan rings is 1. The number of nitrogens with zero attached hydrogens (tertiary/aromatic N) is 1. The summed E-state index contributed by atoms with van der Waals surface area (Å²) < 4.78 is 9.48. The molecule has 27 heavy (non-hydrogen) atoms. The van der Waals surface area contributed by atoms with Crippen LogP contribution >= 0.6 is 22.9 Å². The monoisotopic (exact) mass is 405 g/mol. The first-order valence-corrected chi connectivity index (χ1v) is 11.4. The molecule has 0 aliphatic rings. The van der Waals surface area contributed by atoms with Crippen LogP contribution in [0, 0.1) is 20.8 Å². The number of hydrogen-bond donors (Lipinski definition) is 0. The highest BCUT2D eigenvalue weighted by Gasteiger charge is 2.05. The van der Waals surface area contributed by atoms with Gasteiger partial charge >= 0.3 is 0 Å². The molecule has 2 nitrogen and oxygen atoms in total. The van der Waals surface area contributed by atoms with Crippen LogP contribution in [0.4, 0.5) is 0 Å². The molecular weight excluding hydrogens is 370 g/mol. The lowest BCUT2D eigenvalue weighted by molar-refractivity contribution is 0.484. The molecule has 3 aromatic heterocycles. The third kappa shape index (κ3) is 7.63. The Balaban J connectivity index is 0.000000202. The molecule has 0 N–H and O–H groups in total. The predicted molar refractivity (Wildman–Crippen MR) is 122 cm³/mol. The van der Waals surface area contributed by atoms with E-state index in [0.29, 0.717) is 17.8 Å². The number of rotatable bonds is 3. The minimum Gasteiger partial charge on any atom is -0.469 e. The molecule has 0 saturated carbocycles. The highest BCUT2D eigenvalue weighted by Crippen LogP contribution is 2.24. The van der Waals surface area contributed by atoms with Crippen molar-refractivity contribution in [2.45, 2.75) is 80.1 Å². The standard InChI is InChI=1S/C8H12O.C8H12S.C7H11NS/c2*1-6(2)8-7(3)4-5-9-8;1-5(2)7-6(3)4-9-8-7/h2*4-6H,1-3H3;4-5H,1-3H3. The van der Waals surface area contributed by atoms with Gasteiger partial charge in [-0.15, -0.1) is 11.3 Å². The summed E-state index contributed by atoms with van der Waals surface area (Å²) >= 11 is 3.40. The van der Waals surface area contributed by atoms with Gasteiger partial charge in [-0.1, -0.05) is 41.5 Å². The molecule has 0 fully saturated rings. The molecule has 3 aromatic rings. The van der Waals surface area contributed by atoms with Crippen molar-refractivity contribution in [1.29, 1.82) is 0 Å². The summed E-state index contributed by atoms with van der Waals surface area (Å²) in [6.45, 7) is 19.4. The Kier molecular flexibility index (Phi) is 10.0. The SMILES string of the molecule is Cc1ccoc1C(C)C.Cc1ccsc1C(C)C.Cc1csnc1C(C)C. The lowest BCUT2D eigenvalue weighted by Crippen LogP contribution is -1.88. The molecule has 150 valence electrons. The molecule has 0 saturated heterocycles. The molecule has 0 bridgehead atoms. The lowest BCUT2D eigenvalue weighted by atomic mass is 10.1. The van der Waals surface area contributed by atoms with Gasteiger partial charge in [-0.25, -0.2) is 0 Å². The van der Waals surface area contributed by atoms with E-state index >= 15 is 0 Å². The molecule has 0 aliphatic carbocycles. The van der Waals surface area contributed by atoms with Crippen molar-refractivity contribution in [3.05, 3.63) is 62.2 Å². The van der Waals surface area contributed by atoms with E-state index in [0.717, 1.165) is 5.76 Å². The van der Waals surface area contributed by atoms with Crippen molar-refractivity contribution in [1.82, 2.24) is 4.37 Å². The largest absolute Gasteiger partial charge is 0.469 e. The van der Waals surface area contributed by atoms with Gasteiger partial charge in [-0.05, 0) is 78.3 Å². The number of aryl methyl sites for hydroxylation is 3. The maximum absolute atomic E-state index is 5.23. The Morgan fingerprint density at radius 2 is 1.48 bits per heavy atom. The third-order valence-corrected chi connectivity index (χ3v) is 6.26. The summed E-state index contributed by atoms with van der Waals surface area (Å²) in [6, 6.07) is 4.18. The maximum Gasteiger partial charge on any atom is 0.109 e. The van der Waals surface area contributed by atoms with E-state index < -0.39 is 0 Å². The normalized spacial score (nSPS) is 10.7. The fraction of sp³-hybridized carbons (Fsp3) is 0.522. The van der Waals surface area contributed by atoms with E-state index in [2.05, 4.69) is 83.5 Å². The van der Waals surface area contributed by atoms with Crippen molar-refractivity contribution < 1.29 is 4.42 Å². The van der Waals surface area contributed by atoms with Gasteiger partial charge in [0.15, 0.2) is 0 Å². The molecule has 3 rings (SSSR count). The Bertz CT molecular complexity index is 673. The first-order chi connectivity index (χ1) is 12.6. The van der Waals surface area contributed by atoms with E-state index in [1.54, 1.807) is 17.8 Å². The zero-order valence-corrected chi connectivity index (χ0v) is 19.9. The van der Waals surface area contributed by atoms with Gasteiger partial charge in [-0.2, -0.15) is 4.37 Å². The molecule has 0 atom stereocenters. The predicted octanol–water partition coefficient (Wildman–Crippen LogP) is 8.47. The molecule has 4 heteroatoms. The van der Waals surface area contributed by atoms with Crippen LogP contribution in [0.3, 0.4) is 0 Å². The topological polar surface area (TPSA) is 26.0 Å². The second kappa shape index (κ2) is 11.5. The summed E-state index contributed by atoms with van der Waals surface area (Å²) in [5.74, 6) is 2.90. The summed E-state index contributed by atoms with van der Waals surface area (Å²) in [5.41, 5.74) is 5.27. The van der Waals surface area contributed by atoms with Gasteiger partial charge in [0.25, 0.3) is 0 Å². The highest BCUT2D eigenvalue weighted by molar-refractivity contribution is 7.10. The minimum atomic E-state index is 0.514. The molecule has 0 amide bonds. The van der Waals surface area contributed by atoms with Crippen LogP contribution in [-0.4, -0.2) is 4.37 Å². The molecule has 0 aliphatic heterocycles. The average Bonchev–Trinajstić information content (AvgIpc) is 3.29. The smallest absolute Gasteiger partial charge is 0.109 e. The number of thiophene rings is 1. The second-order valence-corrected chi connectivity index (χ2v) is 9.36. The quantitative estimate of drug-likeness (QED) is 0.436. The van der Waals surface area contributed by atoms with Gasteiger partial charge in [0.2, 0.25) is 0 Å². The molecule has 0 radical (unpaired) electrons. The van der Waals surface area contributed by atoms with Crippen LogP contribution in [0.15, 0.2) is 33.6 Å². The van der Waals surface area contributed by atoms with Crippen LogP contribution in [0.5, 0.6) is 0 Å². The summed E-state index contributed by atoms with van der Waals surface area (Å²) in [6.07, 6.45) is 1.74. The molecule has 0 unspecified atom stereocenters. The molecular formula is C23H35NOS2. The van der Waals surface area contributed by atoms with Gasteiger partial charge in [0.1, 0.15) is 5.76 Å². The van der Waals surface area contributed by atoms with Crippen molar-refractivity contribution in [2.24, 2.45) is 0 Å². The summed E-state index contributed by atoms with van der Waals surface area (Å²) in [7, 11) is 0. The number of hydrogen-bond acceptors (Lipinski definition) is 4. The molecule has 0 aromatic carbocycles. The van der Waals surface area contributed by atoms with E-state index in [1.165, 1.54) is 27.3 Å². The Hall–Kier alpha value is -1.39. The highest BCUT2D eigenvalue weighted by atomic mass is 32.1. The zero-order chi connectivity index (χ0) is 20.6. The van der Waals surface area contributed by atoms with Gasteiger partial charge < -0.3 is 4.42 Å². The van der Waals surface area contributed by atoms with Crippen LogP contribution in [-0.2, 0) is 0 Å². The van der Waals surface area contributed by atoms with Crippen LogP contribution in [0.1, 0.15) is 92.3 Å². The van der Waals surface area contributed by atoms with Gasteiger partial charge in [0.05, 0.1) is 12.0 Å². The van der Waals surface area contributed by atoms with E-state index in [1.807, 2.05) is 17.4 Å². The first-order valence-electron chi connectivity index (χ1n) is 9.63.